The van der Waals surface area contributed by atoms with E-state index in [1.807, 2.05) is 4.90 Å². The molecule has 18 heavy (non-hydrogen) atoms. The van der Waals surface area contributed by atoms with E-state index in [0.29, 0.717) is 6.07 Å². The van der Waals surface area contributed by atoms with Crippen LogP contribution in [0, 0.1) is 17.5 Å². The van der Waals surface area contributed by atoms with Gasteiger partial charge in [-0.2, -0.15) is 0 Å². The second-order valence-electron chi connectivity index (χ2n) is 5.24. The molecule has 2 atom stereocenters. The molecule has 1 aromatic rings. The zero-order valence-electron chi connectivity index (χ0n) is 9.87. The molecule has 2 bridgehead atoms. The Hall–Kier alpha value is -1.23. The van der Waals surface area contributed by atoms with E-state index < -0.39 is 17.5 Å². The molecule has 2 fully saturated rings. The molecule has 0 aromatic heterocycles. The quantitative estimate of drug-likeness (QED) is 0.782. The first-order chi connectivity index (χ1) is 8.56. The Balaban J connectivity index is 1.98. The summed E-state index contributed by atoms with van der Waals surface area (Å²) in [6, 6.07) is 2.02. The first-order valence-corrected chi connectivity index (χ1v) is 6.24. The van der Waals surface area contributed by atoms with Gasteiger partial charge < -0.3 is 10.6 Å². The van der Waals surface area contributed by atoms with Crippen molar-refractivity contribution in [3.05, 3.63) is 29.6 Å². The first-order valence-electron chi connectivity index (χ1n) is 6.24. The number of nitrogens with two attached hydrogens (primary N) is 1. The van der Waals surface area contributed by atoms with E-state index >= 15 is 0 Å². The van der Waals surface area contributed by atoms with E-state index in [-0.39, 0.29) is 23.8 Å². The van der Waals surface area contributed by atoms with Gasteiger partial charge in [-0.1, -0.05) is 0 Å². The van der Waals surface area contributed by atoms with Crippen LogP contribution in [0.5, 0.6) is 0 Å². The van der Waals surface area contributed by atoms with Crippen molar-refractivity contribution in [2.24, 2.45) is 5.73 Å². The maximum atomic E-state index is 13.8. The predicted octanol–water partition coefficient (Wildman–Crippen LogP) is 2.56. The molecule has 2 aliphatic rings. The van der Waals surface area contributed by atoms with E-state index in [9.17, 15) is 13.2 Å². The van der Waals surface area contributed by atoms with Crippen LogP contribution in [0.1, 0.15) is 25.7 Å². The smallest absolute Gasteiger partial charge is 0.161 e. The lowest BCUT2D eigenvalue weighted by Gasteiger charge is -2.39. The maximum absolute atomic E-state index is 13.8. The van der Waals surface area contributed by atoms with E-state index in [1.54, 1.807) is 0 Å². The summed E-state index contributed by atoms with van der Waals surface area (Å²) in [4.78, 5) is 1.89. The standard InChI is InChI=1S/C13H15F3N2/c14-10-5-12(16)13(6-11(10)15)18-8-1-2-9(18)4-7(17)3-8/h5-9H,1-4,17H2. The van der Waals surface area contributed by atoms with Crippen LogP contribution in [0.4, 0.5) is 18.9 Å². The number of piperidine rings is 1. The van der Waals surface area contributed by atoms with Gasteiger partial charge in [0.25, 0.3) is 0 Å². The van der Waals surface area contributed by atoms with Gasteiger partial charge in [0.15, 0.2) is 11.6 Å². The van der Waals surface area contributed by atoms with Gasteiger partial charge in [-0.3, -0.25) is 0 Å². The Labute approximate surface area is 104 Å². The molecule has 0 amide bonds. The molecule has 0 aliphatic carbocycles. The van der Waals surface area contributed by atoms with Gasteiger partial charge >= 0.3 is 0 Å². The summed E-state index contributed by atoms with van der Waals surface area (Å²) in [5.41, 5.74) is 6.11. The van der Waals surface area contributed by atoms with E-state index in [4.69, 9.17) is 5.73 Å². The number of hydrogen-bond acceptors (Lipinski definition) is 2. The molecule has 2 unspecified atom stereocenters. The number of nitrogens with zero attached hydrogens (tertiary/aromatic N) is 1. The molecule has 3 rings (SSSR count). The van der Waals surface area contributed by atoms with Crippen LogP contribution in [0.2, 0.25) is 0 Å². The van der Waals surface area contributed by atoms with Crippen molar-refractivity contribution in [2.45, 2.75) is 43.8 Å². The third kappa shape index (κ3) is 1.77. The summed E-state index contributed by atoms with van der Waals surface area (Å²) in [6.07, 6.45) is 3.46. The van der Waals surface area contributed by atoms with Crippen LogP contribution in [-0.4, -0.2) is 18.1 Å². The zero-order chi connectivity index (χ0) is 12.9. The molecule has 2 aliphatic heterocycles. The van der Waals surface area contributed by atoms with Crippen molar-refractivity contribution in [3.63, 3.8) is 0 Å². The van der Waals surface area contributed by atoms with Gasteiger partial charge in [0.2, 0.25) is 0 Å². The van der Waals surface area contributed by atoms with E-state index in [2.05, 4.69) is 0 Å². The molecular weight excluding hydrogens is 241 g/mol. The van der Waals surface area contributed by atoms with Crippen LogP contribution < -0.4 is 10.6 Å². The molecule has 5 heteroatoms. The van der Waals surface area contributed by atoms with Gasteiger partial charge in [-0.15, -0.1) is 0 Å². The van der Waals surface area contributed by atoms with Crippen molar-refractivity contribution in [1.29, 1.82) is 0 Å². The van der Waals surface area contributed by atoms with E-state index in [1.165, 1.54) is 0 Å². The average Bonchev–Trinajstić information content (AvgIpc) is 2.56. The Bertz CT molecular complexity index is 464. The maximum Gasteiger partial charge on any atom is 0.161 e. The van der Waals surface area contributed by atoms with Crippen LogP contribution in [-0.2, 0) is 0 Å². The van der Waals surface area contributed by atoms with Gasteiger partial charge in [0.05, 0.1) is 5.69 Å². The predicted molar refractivity (Wildman–Crippen MR) is 62.8 cm³/mol. The summed E-state index contributed by atoms with van der Waals surface area (Å²) >= 11 is 0. The second-order valence-corrected chi connectivity index (χ2v) is 5.24. The fraction of sp³-hybridized carbons (Fsp3) is 0.538. The lowest BCUT2D eigenvalue weighted by Crippen LogP contribution is -2.47. The third-order valence-corrected chi connectivity index (χ3v) is 4.04. The second kappa shape index (κ2) is 4.16. The van der Waals surface area contributed by atoms with Crippen molar-refractivity contribution in [2.75, 3.05) is 4.90 Å². The Morgan fingerprint density at radius 3 is 2.11 bits per heavy atom. The number of hydrogen-bond donors (Lipinski definition) is 1. The number of rotatable bonds is 1. The number of benzene rings is 1. The van der Waals surface area contributed by atoms with Gasteiger partial charge in [0.1, 0.15) is 5.82 Å². The monoisotopic (exact) mass is 256 g/mol. The van der Waals surface area contributed by atoms with Crippen LogP contribution in [0.25, 0.3) is 0 Å². The molecule has 2 nitrogen and oxygen atoms in total. The highest BCUT2D eigenvalue weighted by Gasteiger charge is 2.40. The first kappa shape index (κ1) is 11.8. The van der Waals surface area contributed by atoms with Crippen LogP contribution in [0.3, 0.4) is 0 Å². The van der Waals surface area contributed by atoms with Crippen molar-refractivity contribution < 1.29 is 13.2 Å². The minimum absolute atomic E-state index is 0.132. The van der Waals surface area contributed by atoms with Gasteiger partial charge in [-0.25, -0.2) is 13.2 Å². The molecule has 0 spiro atoms. The molecule has 1 aromatic carbocycles. The molecule has 2 N–H and O–H groups in total. The summed E-state index contributed by atoms with van der Waals surface area (Å²) in [7, 11) is 0. The van der Waals surface area contributed by atoms with Crippen molar-refractivity contribution >= 4 is 5.69 Å². The lowest BCUT2D eigenvalue weighted by atomic mass is 9.97. The Kier molecular flexibility index (Phi) is 2.73. The van der Waals surface area contributed by atoms with E-state index in [0.717, 1.165) is 31.7 Å². The molecular formula is C13H15F3N2. The van der Waals surface area contributed by atoms with Gasteiger partial charge in [-0.05, 0) is 25.7 Å². The third-order valence-electron chi connectivity index (χ3n) is 4.04. The highest BCUT2D eigenvalue weighted by molar-refractivity contribution is 5.52. The SMILES string of the molecule is NC1CC2CCC(C1)N2c1cc(F)c(F)cc1F. The number of fused-ring (bicyclic) bond motifs is 2. The topological polar surface area (TPSA) is 29.3 Å². The average molecular weight is 256 g/mol. The fourth-order valence-electron chi connectivity index (χ4n) is 3.32. The fourth-order valence-corrected chi connectivity index (χ4v) is 3.32. The minimum atomic E-state index is -1.14. The summed E-state index contributed by atoms with van der Waals surface area (Å²) in [5.74, 6) is -2.83. The number of halogens is 3. The zero-order valence-corrected chi connectivity index (χ0v) is 9.87. The largest absolute Gasteiger partial charge is 0.363 e. The molecule has 2 saturated heterocycles. The highest BCUT2D eigenvalue weighted by Crippen LogP contribution is 2.40. The van der Waals surface area contributed by atoms with Crippen molar-refractivity contribution in [1.82, 2.24) is 0 Å². The molecule has 98 valence electrons. The minimum Gasteiger partial charge on any atom is -0.363 e. The number of anilines is 1. The Morgan fingerprint density at radius 2 is 1.50 bits per heavy atom. The van der Waals surface area contributed by atoms with Crippen LogP contribution in [0.15, 0.2) is 12.1 Å². The molecule has 0 saturated carbocycles. The highest BCUT2D eigenvalue weighted by atomic mass is 19.2. The lowest BCUT2D eigenvalue weighted by molar-refractivity contribution is 0.407. The molecule has 0 radical (unpaired) electrons. The summed E-state index contributed by atoms with van der Waals surface area (Å²) < 4.78 is 40.0. The normalized spacial score (nSPS) is 30.9. The van der Waals surface area contributed by atoms with Crippen LogP contribution >= 0.6 is 0 Å². The Morgan fingerprint density at radius 1 is 0.944 bits per heavy atom. The van der Waals surface area contributed by atoms with Gasteiger partial charge in [0, 0.05) is 30.3 Å². The summed E-state index contributed by atoms with van der Waals surface area (Å²) in [6.45, 7) is 0. The summed E-state index contributed by atoms with van der Waals surface area (Å²) in [5, 5.41) is 0. The van der Waals surface area contributed by atoms with Crippen molar-refractivity contribution in [3.8, 4) is 0 Å². The molecule has 2 heterocycles.